The standard InChI is InChI=1S/C13H22O3S/c14-13(10-4-1-2-5-10)8-11-6-3-7-12(9-13)17(11,15)16/h10-12,14H,1-9H2. The summed E-state index contributed by atoms with van der Waals surface area (Å²) in [5, 5.41) is 10.3. The number of rotatable bonds is 1. The van der Waals surface area contributed by atoms with Crippen LogP contribution < -0.4 is 0 Å². The third-order valence-corrected chi connectivity index (χ3v) is 7.92. The zero-order chi connectivity index (χ0) is 12.1. The van der Waals surface area contributed by atoms with Crippen LogP contribution in [0.25, 0.3) is 0 Å². The Bertz CT molecular complexity index is 375. The molecular formula is C13H22O3S. The smallest absolute Gasteiger partial charge is 0.156 e. The van der Waals surface area contributed by atoms with Gasteiger partial charge in [-0.05, 0) is 44.4 Å². The van der Waals surface area contributed by atoms with E-state index in [0.717, 1.165) is 32.1 Å². The van der Waals surface area contributed by atoms with Crippen LogP contribution in [0.15, 0.2) is 0 Å². The topological polar surface area (TPSA) is 54.4 Å². The van der Waals surface area contributed by atoms with Crippen LogP contribution in [0, 0.1) is 5.92 Å². The molecule has 3 aliphatic rings. The third-order valence-electron chi connectivity index (χ3n) is 5.26. The van der Waals surface area contributed by atoms with Gasteiger partial charge in [0.15, 0.2) is 9.84 Å². The molecule has 2 saturated heterocycles. The molecule has 1 N–H and O–H groups in total. The summed E-state index contributed by atoms with van der Waals surface area (Å²) in [4.78, 5) is 0. The molecule has 0 spiro atoms. The molecule has 0 amide bonds. The highest BCUT2D eigenvalue weighted by Gasteiger charge is 2.53. The van der Waals surface area contributed by atoms with Crippen LogP contribution in [-0.2, 0) is 9.84 Å². The van der Waals surface area contributed by atoms with Crippen molar-refractivity contribution in [3.8, 4) is 0 Å². The van der Waals surface area contributed by atoms with Gasteiger partial charge in [-0.1, -0.05) is 19.3 Å². The lowest BCUT2D eigenvalue weighted by Gasteiger charge is -2.46. The first-order valence-corrected chi connectivity index (χ1v) is 8.58. The number of aliphatic hydroxyl groups is 1. The highest BCUT2D eigenvalue weighted by molar-refractivity contribution is 7.92. The third kappa shape index (κ3) is 1.84. The second-order valence-electron chi connectivity index (χ2n) is 6.26. The molecule has 0 aromatic rings. The van der Waals surface area contributed by atoms with Crippen molar-refractivity contribution < 1.29 is 13.5 Å². The zero-order valence-corrected chi connectivity index (χ0v) is 11.1. The van der Waals surface area contributed by atoms with Gasteiger partial charge in [-0.25, -0.2) is 8.42 Å². The summed E-state index contributed by atoms with van der Waals surface area (Å²) in [6.07, 6.45) is 8.18. The average molecular weight is 258 g/mol. The van der Waals surface area contributed by atoms with E-state index in [1.54, 1.807) is 0 Å². The molecule has 2 unspecified atom stereocenters. The summed E-state index contributed by atoms with van der Waals surface area (Å²) in [5.74, 6) is 0.362. The molecule has 0 aromatic carbocycles. The first-order valence-electron chi connectivity index (χ1n) is 6.97. The number of sulfone groups is 1. The molecule has 3 rings (SSSR count). The van der Waals surface area contributed by atoms with E-state index in [2.05, 4.69) is 0 Å². The van der Waals surface area contributed by atoms with Crippen molar-refractivity contribution in [1.29, 1.82) is 0 Å². The van der Waals surface area contributed by atoms with E-state index in [9.17, 15) is 13.5 Å². The van der Waals surface area contributed by atoms with Crippen LogP contribution in [0.1, 0.15) is 57.8 Å². The highest BCUT2D eigenvalue weighted by Crippen LogP contribution is 2.48. The van der Waals surface area contributed by atoms with Gasteiger partial charge < -0.3 is 5.11 Å². The molecular weight excluding hydrogens is 236 g/mol. The predicted molar refractivity (Wildman–Crippen MR) is 66.5 cm³/mol. The Hall–Kier alpha value is -0.0900. The fourth-order valence-electron chi connectivity index (χ4n) is 4.28. The van der Waals surface area contributed by atoms with E-state index < -0.39 is 15.4 Å². The van der Waals surface area contributed by atoms with Crippen LogP contribution in [0.3, 0.4) is 0 Å². The molecule has 2 aliphatic heterocycles. The molecule has 3 fully saturated rings. The minimum Gasteiger partial charge on any atom is -0.390 e. The highest BCUT2D eigenvalue weighted by atomic mass is 32.2. The van der Waals surface area contributed by atoms with E-state index in [1.807, 2.05) is 0 Å². The van der Waals surface area contributed by atoms with Crippen LogP contribution in [0.2, 0.25) is 0 Å². The molecule has 17 heavy (non-hydrogen) atoms. The maximum Gasteiger partial charge on any atom is 0.156 e. The summed E-state index contributed by atoms with van der Waals surface area (Å²) in [6, 6.07) is 0. The van der Waals surface area contributed by atoms with Gasteiger partial charge in [-0.15, -0.1) is 0 Å². The van der Waals surface area contributed by atoms with Crippen LogP contribution in [-0.4, -0.2) is 29.6 Å². The largest absolute Gasteiger partial charge is 0.390 e. The van der Waals surface area contributed by atoms with Gasteiger partial charge in [0.1, 0.15) is 0 Å². The minimum atomic E-state index is -2.93. The average Bonchev–Trinajstić information content (AvgIpc) is 2.74. The van der Waals surface area contributed by atoms with Crippen molar-refractivity contribution in [3.05, 3.63) is 0 Å². The maximum absolute atomic E-state index is 12.2. The van der Waals surface area contributed by atoms with Crippen molar-refractivity contribution >= 4 is 9.84 Å². The Morgan fingerprint density at radius 1 is 0.882 bits per heavy atom. The lowest BCUT2D eigenvalue weighted by Crippen LogP contribution is -2.54. The Morgan fingerprint density at radius 3 is 1.94 bits per heavy atom. The van der Waals surface area contributed by atoms with Crippen molar-refractivity contribution in [2.75, 3.05) is 0 Å². The van der Waals surface area contributed by atoms with Crippen molar-refractivity contribution in [3.63, 3.8) is 0 Å². The molecule has 98 valence electrons. The monoisotopic (exact) mass is 258 g/mol. The van der Waals surface area contributed by atoms with Gasteiger partial charge in [-0.2, -0.15) is 0 Å². The summed E-state index contributed by atoms with van der Waals surface area (Å²) in [5.41, 5.74) is -0.669. The molecule has 4 heteroatoms. The lowest BCUT2D eigenvalue weighted by atomic mass is 9.76. The van der Waals surface area contributed by atoms with E-state index in [1.165, 1.54) is 12.8 Å². The van der Waals surface area contributed by atoms with Gasteiger partial charge in [0.2, 0.25) is 0 Å². The van der Waals surface area contributed by atoms with Crippen molar-refractivity contribution in [2.24, 2.45) is 5.92 Å². The van der Waals surface area contributed by atoms with Crippen LogP contribution >= 0.6 is 0 Å². The normalized spacial score (nSPS) is 45.9. The van der Waals surface area contributed by atoms with Gasteiger partial charge >= 0.3 is 0 Å². The van der Waals surface area contributed by atoms with E-state index >= 15 is 0 Å². The Labute approximate surface area is 104 Å². The molecule has 0 radical (unpaired) electrons. The summed E-state index contributed by atoms with van der Waals surface area (Å²) in [6.45, 7) is 0. The Kier molecular flexibility index (Phi) is 2.78. The first kappa shape index (κ1) is 12.0. The van der Waals surface area contributed by atoms with E-state index in [0.29, 0.717) is 18.8 Å². The minimum absolute atomic E-state index is 0.249. The maximum atomic E-state index is 12.2. The molecule has 2 atom stereocenters. The molecule has 2 bridgehead atoms. The predicted octanol–water partition coefficient (Wildman–Crippen LogP) is 2.04. The van der Waals surface area contributed by atoms with Gasteiger partial charge in [0.25, 0.3) is 0 Å². The van der Waals surface area contributed by atoms with Crippen molar-refractivity contribution in [1.82, 2.24) is 0 Å². The molecule has 3 nitrogen and oxygen atoms in total. The summed E-state index contributed by atoms with van der Waals surface area (Å²) in [7, 11) is -2.93. The second kappa shape index (κ2) is 3.95. The lowest BCUT2D eigenvalue weighted by molar-refractivity contribution is -0.0418. The van der Waals surface area contributed by atoms with Crippen LogP contribution in [0.5, 0.6) is 0 Å². The molecule has 2 heterocycles. The summed E-state index contributed by atoms with van der Waals surface area (Å²) < 4.78 is 24.4. The quantitative estimate of drug-likeness (QED) is 0.783. The van der Waals surface area contributed by atoms with E-state index in [-0.39, 0.29) is 10.5 Å². The number of hydrogen-bond acceptors (Lipinski definition) is 3. The number of fused-ring (bicyclic) bond motifs is 2. The second-order valence-corrected chi connectivity index (χ2v) is 8.77. The molecule has 0 aromatic heterocycles. The van der Waals surface area contributed by atoms with Gasteiger partial charge in [0.05, 0.1) is 16.1 Å². The Morgan fingerprint density at radius 2 is 1.41 bits per heavy atom. The van der Waals surface area contributed by atoms with Gasteiger partial charge in [-0.3, -0.25) is 0 Å². The first-order chi connectivity index (χ1) is 8.02. The fourth-order valence-corrected chi connectivity index (χ4v) is 6.86. The summed E-state index contributed by atoms with van der Waals surface area (Å²) >= 11 is 0. The number of hydrogen-bond donors (Lipinski definition) is 1. The van der Waals surface area contributed by atoms with E-state index in [4.69, 9.17) is 0 Å². The molecule has 1 saturated carbocycles. The molecule has 1 aliphatic carbocycles. The SMILES string of the molecule is O=S1(=O)C2CCCC1CC(O)(C1CCCC1)C2. The van der Waals surface area contributed by atoms with Crippen molar-refractivity contribution in [2.45, 2.75) is 73.9 Å². The van der Waals surface area contributed by atoms with Crippen LogP contribution in [0.4, 0.5) is 0 Å². The Balaban J connectivity index is 1.87. The van der Waals surface area contributed by atoms with Gasteiger partial charge in [0, 0.05) is 0 Å². The zero-order valence-electron chi connectivity index (χ0n) is 10.3. The fraction of sp³-hybridized carbons (Fsp3) is 1.00.